The number of hydrogen-bond donors (Lipinski definition) is 0. The molecule has 0 unspecified atom stereocenters. The van der Waals surface area contributed by atoms with Gasteiger partial charge in [-0.2, -0.15) is 0 Å². The van der Waals surface area contributed by atoms with Crippen LogP contribution in [0, 0.1) is 0 Å². The van der Waals surface area contributed by atoms with E-state index in [0.29, 0.717) is 17.5 Å². The second-order valence-electron chi connectivity index (χ2n) is 4.68. The van der Waals surface area contributed by atoms with Gasteiger partial charge >= 0.3 is 17.9 Å². The highest BCUT2D eigenvalue weighted by molar-refractivity contribution is 5.93. The van der Waals surface area contributed by atoms with Crippen LogP contribution in [0.2, 0.25) is 0 Å². The summed E-state index contributed by atoms with van der Waals surface area (Å²) in [4.78, 5) is 35.1. The summed E-state index contributed by atoms with van der Waals surface area (Å²) in [5.74, 6) is -1.59. The fourth-order valence-electron chi connectivity index (χ4n) is 2.04. The van der Waals surface area contributed by atoms with Crippen LogP contribution in [0.15, 0.2) is 24.3 Å². The van der Waals surface area contributed by atoms with Crippen LogP contribution >= 0.6 is 0 Å². The second-order valence-corrected chi connectivity index (χ2v) is 4.68. The molecule has 1 aromatic carbocycles. The first-order valence-electron chi connectivity index (χ1n) is 6.66. The predicted octanol–water partition coefficient (Wildman–Crippen LogP) is 1.72. The Morgan fingerprint density at radius 3 is 2.29 bits per heavy atom. The summed E-state index contributed by atoms with van der Waals surface area (Å²) in [7, 11) is 0. The minimum absolute atomic E-state index is 0.162. The molecule has 3 rings (SSSR count). The molecule has 0 aromatic heterocycles. The molecule has 2 heterocycles. The third-order valence-electron chi connectivity index (χ3n) is 3.13. The van der Waals surface area contributed by atoms with E-state index in [0.717, 1.165) is 0 Å². The fourth-order valence-corrected chi connectivity index (χ4v) is 2.04. The lowest BCUT2D eigenvalue weighted by atomic mass is 10.1. The average Bonchev–Trinajstić information content (AvgIpc) is 2.50. The number of benzene rings is 1. The number of hydrogen-bond acceptors (Lipinski definition) is 6. The summed E-state index contributed by atoms with van der Waals surface area (Å²) in [6.45, 7) is 2.88. The van der Waals surface area contributed by atoms with Crippen LogP contribution < -0.4 is 0 Å². The Bertz CT molecular complexity index is 548. The molecule has 2 aliphatic heterocycles. The largest absolute Gasteiger partial charge is 0.458 e. The zero-order valence-corrected chi connectivity index (χ0v) is 11.8. The monoisotopic (exact) mass is 292 g/mol. The Hall–Kier alpha value is -2.37. The molecule has 0 radical (unpaired) electrons. The minimum atomic E-state index is -0.820. The van der Waals surface area contributed by atoms with Gasteiger partial charge in [0, 0.05) is 6.92 Å². The van der Waals surface area contributed by atoms with Gasteiger partial charge in [0.1, 0.15) is 12.7 Å². The Morgan fingerprint density at radius 2 is 1.76 bits per heavy atom. The van der Waals surface area contributed by atoms with E-state index in [2.05, 4.69) is 0 Å². The zero-order chi connectivity index (χ0) is 15.4. The van der Waals surface area contributed by atoms with Crippen LogP contribution in [0.25, 0.3) is 0 Å². The van der Waals surface area contributed by atoms with Gasteiger partial charge in [0.15, 0.2) is 6.10 Å². The van der Waals surface area contributed by atoms with E-state index in [1.54, 1.807) is 6.92 Å². The Balaban J connectivity index is 2.31. The summed E-state index contributed by atoms with van der Waals surface area (Å²) < 4.78 is 15.6. The highest BCUT2D eigenvalue weighted by atomic mass is 16.6. The molecule has 21 heavy (non-hydrogen) atoms. The van der Waals surface area contributed by atoms with Crippen LogP contribution in [0.4, 0.5) is 0 Å². The van der Waals surface area contributed by atoms with Gasteiger partial charge in [0.2, 0.25) is 0 Å². The third-order valence-corrected chi connectivity index (χ3v) is 3.13. The van der Waals surface area contributed by atoms with Gasteiger partial charge in [-0.05, 0) is 30.7 Å². The van der Waals surface area contributed by atoms with Crippen LogP contribution in [0.5, 0.6) is 0 Å². The Labute approximate surface area is 122 Å². The first-order chi connectivity index (χ1) is 10.0. The molecule has 2 bridgehead atoms. The number of rotatable bonds is 2. The maximum Gasteiger partial charge on any atom is 0.338 e. The quantitative estimate of drug-likeness (QED) is 0.610. The van der Waals surface area contributed by atoms with Crippen LogP contribution in [-0.2, 0) is 19.0 Å². The van der Waals surface area contributed by atoms with Crippen molar-refractivity contribution in [2.24, 2.45) is 0 Å². The van der Waals surface area contributed by atoms with Gasteiger partial charge in [-0.3, -0.25) is 4.79 Å². The van der Waals surface area contributed by atoms with Gasteiger partial charge < -0.3 is 14.2 Å². The van der Waals surface area contributed by atoms with Crippen molar-refractivity contribution in [2.75, 3.05) is 6.61 Å². The second kappa shape index (κ2) is 6.39. The SMILES string of the molecule is CC[C@@H]1OC(=O)c2ccc(cc2)C(=O)OC[C@H]1OC(C)=O. The molecule has 0 spiro atoms. The van der Waals surface area contributed by atoms with E-state index >= 15 is 0 Å². The molecule has 2 aliphatic rings. The third kappa shape index (κ3) is 3.59. The molecular weight excluding hydrogens is 276 g/mol. The van der Waals surface area contributed by atoms with E-state index in [1.807, 2.05) is 0 Å². The van der Waals surface area contributed by atoms with Crippen molar-refractivity contribution < 1.29 is 28.6 Å². The summed E-state index contributed by atoms with van der Waals surface area (Å²) in [6, 6.07) is 5.98. The normalized spacial score (nSPS) is 22.0. The number of carbonyl (C=O) groups is 3. The summed E-state index contributed by atoms with van der Waals surface area (Å²) >= 11 is 0. The van der Waals surface area contributed by atoms with Crippen molar-refractivity contribution in [1.82, 2.24) is 0 Å². The van der Waals surface area contributed by atoms with E-state index in [4.69, 9.17) is 14.2 Å². The molecule has 1 aromatic rings. The molecule has 0 N–H and O–H groups in total. The number of carbonyl (C=O) groups excluding carboxylic acids is 3. The molecule has 0 aliphatic carbocycles. The number of ether oxygens (including phenoxy) is 3. The van der Waals surface area contributed by atoms with Gasteiger partial charge in [0.25, 0.3) is 0 Å². The molecule has 2 atom stereocenters. The van der Waals surface area contributed by atoms with Crippen molar-refractivity contribution in [2.45, 2.75) is 32.5 Å². The topological polar surface area (TPSA) is 78.9 Å². The lowest BCUT2D eigenvalue weighted by Gasteiger charge is -2.25. The molecule has 0 amide bonds. The van der Waals surface area contributed by atoms with E-state index in [9.17, 15) is 14.4 Å². The maximum atomic E-state index is 12.0. The van der Waals surface area contributed by atoms with Crippen molar-refractivity contribution in [3.63, 3.8) is 0 Å². The summed E-state index contributed by atoms with van der Waals surface area (Å²) in [5, 5.41) is 0. The molecule has 0 fully saturated rings. The highest BCUT2D eigenvalue weighted by Gasteiger charge is 2.29. The van der Waals surface area contributed by atoms with Crippen molar-refractivity contribution >= 4 is 17.9 Å². The van der Waals surface area contributed by atoms with E-state index < -0.39 is 30.1 Å². The summed E-state index contributed by atoms with van der Waals surface area (Å²) in [6.07, 6.45) is -1.07. The summed E-state index contributed by atoms with van der Waals surface area (Å²) in [5.41, 5.74) is 0.650. The van der Waals surface area contributed by atoms with Crippen LogP contribution in [-0.4, -0.2) is 36.7 Å². The van der Waals surface area contributed by atoms with Crippen LogP contribution in [0.3, 0.4) is 0 Å². The molecule has 6 heteroatoms. The molecular formula is C15H16O6. The number of esters is 3. The maximum absolute atomic E-state index is 12.0. The lowest BCUT2D eigenvalue weighted by Crippen LogP contribution is -2.38. The first-order valence-corrected chi connectivity index (χ1v) is 6.66. The molecule has 6 nitrogen and oxygen atoms in total. The molecule has 112 valence electrons. The van der Waals surface area contributed by atoms with Gasteiger partial charge in [-0.1, -0.05) is 6.92 Å². The van der Waals surface area contributed by atoms with E-state index in [1.165, 1.54) is 31.2 Å². The predicted molar refractivity (Wildman–Crippen MR) is 71.8 cm³/mol. The van der Waals surface area contributed by atoms with Crippen molar-refractivity contribution in [1.29, 1.82) is 0 Å². The van der Waals surface area contributed by atoms with Crippen LogP contribution in [0.1, 0.15) is 41.0 Å². The lowest BCUT2D eigenvalue weighted by molar-refractivity contribution is -0.156. The molecule has 0 saturated heterocycles. The van der Waals surface area contributed by atoms with Gasteiger partial charge in [0.05, 0.1) is 11.1 Å². The van der Waals surface area contributed by atoms with E-state index in [-0.39, 0.29) is 6.61 Å². The van der Waals surface area contributed by atoms with Crippen molar-refractivity contribution in [3.05, 3.63) is 35.4 Å². The van der Waals surface area contributed by atoms with Gasteiger partial charge in [-0.25, -0.2) is 9.59 Å². The standard InChI is InChI=1S/C15H16O6/c1-3-12-13(20-9(2)16)8-19-14(17)10-4-6-11(7-5-10)15(18)21-12/h4-7,12-13H,3,8H2,1-2H3/t12-,13+/m0/s1. The average molecular weight is 292 g/mol. The Kier molecular flexibility index (Phi) is 4.57. The molecule has 0 saturated carbocycles. The van der Waals surface area contributed by atoms with Crippen molar-refractivity contribution in [3.8, 4) is 0 Å². The minimum Gasteiger partial charge on any atom is -0.458 e. The number of fused-ring (bicyclic) bond motifs is 8. The first kappa shape index (κ1) is 15.0. The fraction of sp³-hybridized carbons (Fsp3) is 0.400. The zero-order valence-electron chi connectivity index (χ0n) is 11.8. The highest BCUT2D eigenvalue weighted by Crippen LogP contribution is 2.16. The van der Waals surface area contributed by atoms with Gasteiger partial charge in [-0.15, -0.1) is 0 Å². The Morgan fingerprint density at radius 1 is 1.19 bits per heavy atom. The smallest absolute Gasteiger partial charge is 0.338 e.